The van der Waals surface area contributed by atoms with Crippen molar-refractivity contribution in [1.29, 1.82) is 0 Å². The summed E-state index contributed by atoms with van der Waals surface area (Å²) >= 11 is 0. The van der Waals surface area contributed by atoms with Crippen molar-refractivity contribution in [2.45, 2.75) is 6.61 Å². The van der Waals surface area contributed by atoms with Gasteiger partial charge in [-0.3, -0.25) is 4.79 Å². The van der Waals surface area contributed by atoms with E-state index in [2.05, 4.69) is 10.1 Å². The molecule has 0 bridgehead atoms. The van der Waals surface area contributed by atoms with Gasteiger partial charge < -0.3 is 15.8 Å². The van der Waals surface area contributed by atoms with Crippen LogP contribution in [-0.2, 0) is 16.1 Å². The zero-order chi connectivity index (χ0) is 10.4. The number of primary amides is 1. The number of carbonyl (C=O) groups is 2. The summed E-state index contributed by atoms with van der Waals surface area (Å²) in [6, 6.07) is 6.87. The first kappa shape index (κ1) is 10.0. The fourth-order valence-corrected chi connectivity index (χ4v) is 0.920. The molecule has 0 saturated carbocycles. The van der Waals surface area contributed by atoms with Gasteiger partial charge in [0.1, 0.15) is 6.61 Å². The molecule has 0 saturated heterocycles. The summed E-state index contributed by atoms with van der Waals surface area (Å²) < 4.78 is 4.58. The van der Waals surface area contributed by atoms with Gasteiger partial charge in [-0.1, -0.05) is 12.1 Å². The summed E-state index contributed by atoms with van der Waals surface area (Å²) in [6.45, 7) is 0.136. The highest BCUT2D eigenvalue weighted by molar-refractivity contribution is 5.71. The van der Waals surface area contributed by atoms with Gasteiger partial charge >= 0.3 is 6.09 Å². The predicted molar refractivity (Wildman–Crippen MR) is 50.5 cm³/mol. The fraction of sp³-hybridized carbons (Fsp3) is 0.111. The normalized spacial score (nSPS) is 9.14. The first-order chi connectivity index (χ1) is 6.72. The molecule has 0 aromatic heterocycles. The molecule has 2 amide bonds. The standard InChI is InChI=1S/C9H10N2O3/c10-9(13)14-5-7-1-3-8(4-2-7)11-6-12/h1-4,6H,5H2,(H2,10,13)(H,11,12). The van der Waals surface area contributed by atoms with Crippen molar-refractivity contribution in [2.24, 2.45) is 5.73 Å². The molecule has 0 aliphatic heterocycles. The van der Waals surface area contributed by atoms with Crippen LogP contribution in [0.25, 0.3) is 0 Å². The van der Waals surface area contributed by atoms with Crippen molar-refractivity contribution in [3.05, 3.63) is 29.8 Å². The average Bonchev–Trinajstić information content (AvgIpc) is 2.17. The smallest absolute Gasteiger partial charge is 0.404 e. The van der Waals surface area contributed by atoms with Gasteiger partial charge in [-0.05, 0) is 17.7 Å². The second-order valence-electron chi connectivity index (χ2n) is 2.57. The molecule has 14 heavy (non-hydrogen) atoms. The molecule has 5 nitrogen and oxygen atoms in total. The topological polar surface area (TPSA) is 81.4 Å². The lowest BCUT2D eigenvalue weighted by Gasteiger charge is -2.02. The highest BCUT2D eigenvalue weighted by Crippen LogP contribution is 2.09. The summed E-state index contributed by atoms with van der Waals surface area (Å²) in [4.78, 5) is 20.4. The summed E-state index contributed by atoms with van der Waals surface area (Å²) in [7, 11) is 0. The number of amides is 2. The molecular formula is C9H10N2O3. The monoisotopic (exact) mass is 194 g/mol. The Morgan fingerprint density at radius 2 is 2.07 bits per heavy atom. The van der Waals surface area contributed by atoms with E-state index < -0.39 is 6.09 Å². The SMILES string of the molecule is NC(=O)OCc1ccc(NC=O)cc1. The van der Waals surface area contributed by atoms with Crippen LogP contribution in [0.5, 0.6) is 0 Å². The van der Waals surface area contributed by atoms with Crippen molar-refractivity contribution in [3.63, 3.8) is 0 Å². The van der Waals surface area contributed by atoms with Crippen LogP contribution in [0.2, 0.25) is 0 Å². The molecule has 3 N–H and O–H groups in total. The number of nitrogens with two attached hydrogens (primary N) is 1. The Hall–Kier alpha value is -2.04. The van der Waals surface area contributed by atoms with Gasteiger partial charge in [0.15, 0.2) is 0 Å². The number of rotatable bonds is 4. The van der Waals surface area contributed by atoms with Crippen LogP contribution in [0.1, 0.15) is 5.56 Å². The quantitative estimate of drug-likeness (QED) is 0.697. The van der Waals surface area contributed by atoms with Crippen molar-refractivity contribution in [2.75, 3.05) is 5.32 Å². The van der Waals surface area contributed by atoms with Crippen molar-refractivity contribution in [1.82, 2.24) is 0 Å². The lowest BCUT2D eigenvalue weighted by atomic mass is 10.2. The Morgan fingerprint density at radius 3 is 2.57 bits per heavy atom. The predicted octanol–water partition coefficient (Wildman–Crippen LogP) is 0.850. The molecule has 0 unspecified atom stereocenters. The minimum atomic E-state index is -0.805. The molecule has 0 aliphatic rings. The maximum absolute atomic E-state index is 10.3. The second-order valence-corrected chi connectivity index (χ2v) is 2.57. The highest BCUT2D eigenvalue weighted by atomic mass is 16.5. The molecule has 1 aromatic rings. The summed E-state index contributed by atoms with van der Waals surface area (Å²) in [5.74, 6) is 0. The molecular weight excluding hydrogens is 184 g/mol. The number of carbonyl (C=O) groups excluding carboxylic acids is 2. The largest absolute Gasteiger partial charge is 0.445 e. The van der Waals surface area contributed by atoms with Crippen LogP contribution < -0.4 is 11.1 Å². The first-order valence-electron chi connectivity index (χ1n) is 3.93. The molecule has 1 rings (SSSR count). The molecule has 0 aliphatic carbocycles. The Labute approximate surface area is 80.9 Å². The Kier molecular flexibility index (Phi) is 3.49. The van der Waals surface area contributed by atoms with E-state index in [1.807, 2.05) is 0 Å². The number of hydrogen-bond acceptors (Lipinski definition) is 3. The minimum Gasteiger partial charge on any atom is -0.445 e. The van der Waals surface area contributed by atoms with Crippen LogP contribution in [0.15, 0.2) is 24.3 Å². The van der Waals surface area contributed by atoms with E-state index in [9.17, 15) is 9.59 Å². The maximum Gasteiger partial charge on any atom is 0.404 e. The van der Waals surface area contributed by atoms with Crippen LogP contribution in [0, 0.1) is 0 Å². The molecule has 0 heterocycles. The first-order valence-corrected chi connectivity index (χ1v) is 3.93. The van der Waals surface area contributed by atoms with Crippen LogP contribution in [0.4, 0.5) is 10.5 Å². The Morgan fingerprint density at radius 1 is 1.43 bits per heavy atom. The second kappa shape index (κ2) is 4.86. The van der Waals surface area contributed by atoms with Crippen LogP contribution in [0.3, 0.4) is 0 Å². The van der Waals surface area contributed by atoms with Gasteiger partial charge in [0.05, 0.1) is 0 Å². The summed E-state index contributed by atoms with van der Waals surface area (Å²) in [5, 5.41) is 2.49. The summed E-state index contributed by atoms with van der Waals surface area (Å²) in [5.41, 5.74) is 6.29. The minimum absolute atomic E-state index is 0.136. The molecule has 5 heteroatoms. The third-order valence-corrected chi connectivity index (χ3v) is 1.56. The zero-order valence-electron chi connectivity index (χ0n) is 7.40. The number of anilines is 1. The Bertz CT molecular complexity index is 321. The van der Waals surface area contributed by atoms with Gasteiger partial charge in [-0.25, -0.2) is 4.79 Å². The van der Waals surface area contributed by atoms with Gasteiger partial charge in [0.2, 0.25) is 6.41 Å². The highest BCUT2D eigenvalue weighted by Gasteiger charge is 1.96. The molecule has 0 fully saturated rings. The third kappa shape index (κ3) is 3.14. The van der Waals surface area contributed by atoms with Crippen LogP contribution in [-0.4, -0.2) is 12.5 Å². The van der Waals surface area contributed by atoms with Crippen molar-refractivity contribution >= 4 is 18.2 Å². The van der Waals surface area contributed by atoms with E-state index in [4.69, 9.17) is 5.73 Å². The van der Waals surface area contributed by atoms with E-state index in [0.29, 0.717) is 12.1 Å². The Balaban J connectivity index is 2.54. The number of nitrogens with one attached hydrogen (secondary N) is 1. The third-order valence-electron chi connectivity index (χ3n) is 1.56. The number of hydrogen-bond donors (Lipinski definition) is 2. The average molecular weight is 194 g/mol. The lowest BCUT2D eigenvalue weighted by Crippen LogP contribution is -2.12. The van der Waals surface area contributed by atoms with E-state index in [1.54, 1.807) is 24.3 Å². The van der Waals surface area contributed by atoms with E-state index in [-0.39, 0.29) is 6.61 Å². The van der Waals surface area contributed by atoms with Crippen molar-refractivity contribution < 1.29 is 14.3 Å². The van der Waals surface area contributed by atoms with Gasteiger partial charge in [0.25, 0.3) is 0 Å². The van der Waals surface area contributed by atoms with E-state index >= 15 is 0 Å². The molecule has 1 aromatic carbocycles. The number of ether oxygens (including phenoxy) is 1. The number of benzene rings is 1. The van der Waals surface area contributed by atoms with Crippen LogP contribution >= 0.6 is 0 Å². The van der Waals surface area contributed by atoms with Gasteiger partial charge in [-0.15, -0.1) is 0 Å². The van der Waals surface area contributed by atoms with Gasteiger partial charge in [-0.2, -0.15) is 0 Å². The molecule has 0 radical (unpaired) electrons. The lowest BCUT2D eigenvalue weighted by molar-refractivity contribution is -0.105. The molecule has 74 valence electrons. The zero-order valence-corrected chi connectivity index (χ0v) is 7.40. The molecule has 0 spiro atoms. The van der Waals surface area contributed by atoms with Crippen molar-refractivity contribution in [3.8, 4) is 0 Å². The van der Waals surface area contributed by atoms with E-state index in [1.165, 1.54) is 0 Å². The molecule has 0 atom stereocenters. The fourth-order valence-electron chi connectivity index (χ4n) is 0.920. The van der Waals surface area contributed by atoms with E-state index in [0.717, 1.165) is 5.56 Å². The van der Waals surface area contributed by atoms with Gasteiger partial charge in [0, 0.05) is 5.69 Å². The maximum atomic E-state index is 10.3. The summed E-state index contributed by atoms with van der Waals surface area (Å²) in [6.07, 6.45) is -0.213.